The maximum Gasteiger partial charge on any atom is 0.425 e. The smallest absolute Gasteiger partial charge is 0.314 e. The molecule has 3 heterocycles. The molecule has 1 unspecified atom stereocenters. The summed E-state index contributed by atoms with van der Waals surface area (Å²) in [6.07, 6.45) is 0.680. The van der Waals surface area contributed by atoms with Crippen molar-refractivity contribution in [2.75, 3.05) is 19.6 Å². The van der Waals surface area contributed by atoms with Crippen molar-refractivity contribution in [1.29, 1.82) is 0 Å². The van der Waals surface area contributed by atoms with E-state index in [2.05, 4.69) is 10.2 Å². The number of thiophene rings is 1. The lowest BCUT2D eigenvalue weighted by atomic mass is 9.88. The van der Waals surface area contributed by atoms with Crippen LogP contribution in [0.25, 0.3) is 0 Å². The van der Waals surface area contributed by atoms with Crippen LogP contribution in [0.2, 0.25) is 0 Å². The van der Waals surface area contributed by atoms with Crippen LogP contribution in [0, 0.1) is 5.92 Å². The van der Waals surface area contributed by atoms with Gasteiger partial charge >= 0.3 is 6.18 Å². The third kappa shape index (κ3) is 4.37. The summed E-state index contributed by atoms with van der Waals surface area (Å²) in [6.45, 7) is 3.80. The fourth-order valence-corrected chi connectivity index (χ4v) is 4.38. The number of hydrogen-bond donors (Lipinski definition) is 1. The first-order valence-corrected chi connectivity index (χ1v) is 8.45. The van der Waals surface area contributed by atoms with E-state index in [1.54, 1.807) is 6.07 Å². The highest BCUT2D eigenvalue weighted by atomic mass is 35.5. The minimum Gasteiger partial charge on any atom is -0.314 e. The summed E-state index contributed by atoms with van der Waals surface area (Å²) < 4.78 is 37.8. The minimum atomic E-state index is -4.20. The van der Waals surface area contributed by atoms with Gasteiger partial charge in [0.15, 0.2) is 0 Å². The Morgan fingerprint density at radius 1 is 1.18 bits per heavy atom. The van der Waals surface area contributed by atoms with Crippen molar-refractivity contribution in [3.8, 4) is 0 Å². The predicted octanol–water partition coefficient (Wildman–Crippen LogP) is 4.15. The molecule has 0 spiro atoms. The van der Waals surface area contributed by atoms with Crippen molar-refractivity contribution in [2.45, 2.75) is 44.4 Å². The first-order chi connectivity index (χ1) is 10.0. The maximum atomic E-state index is 12.6. The van der Waals surface area contributed by atoms with Crippen LogP contribution in [0.1, 0.15) is 35.4 Å². The minimum absolute atomic E-state index is 0. The third-order valence-electron chi connectivity index (χ3n) is 4.62. The Bertz CT molecular complexity index is 464. The predicted molar refractivity (Wildman–Crippen MR) is 85.6 cm³/mol. The van der Waals surface area contributed by atoms with Gasteiger partial charge in [-0.05, 0) is 63.4 Å². The molecule has 0 aliphatic carbocycles. The number of halogens is 4. The monoisotopic (exact) mass is 354 g/mol. The Hall–Kier alpha value is -0.300. The van der Waals surface area contributed by atoms with Crippen molar-refractivity contribution < 1.29 is 13.2 Å². The highest BCUT2D eigenvalue weighted by molar-refractivity contribution is 7.12. The highest BCUT2D eigenvalue weighted by Gasteiger charge is 2.33. The molecule has 0 saturated carbocycles. The molecule has 2 nitrogen and oxygen atoms in total. The molecule has 1 atom stereocenters. The van der Waals surface area contributed by atoms with Crippen molar-refractivity contribution >= 4 is 23.7 Å². The highest BCUT2D eigenvalue weighted by Crippen LogP contribution is 2.35. The zero-order valence-corrected chi connectivity index (χ0v) is 14.0. The molecule has 126 valence electrons. The van der Waals surface area contributed by atoms with Gasteiger partial charge in [-0.25, -0.2) is 0 Å². The van der Waals surface area contributed by atoms with Crippen LogP contribution >= 0.6 is 23.7 Å². The van der Waals surface area contributed by atoms with Gasteiger partial charge in [0.1, 0.15) is 4.88 Å². The Kier molecular flexibility index (Phi) is 6.16. The van der Waals surface area contributed by atoms with E-state index in [0.717, 1.165) is 54.6 Å². The molecule has 7 heteroatoms. The van der Waals surface area contributed by atoms with E-state index in [-0.39, 0.29) is 12.4 Å². The second-order valence-corrected chi connectivity index (χ2v) is 7.25. The van der Waals surface area contributed by atoms with E-state index in [4.69, 9.17) is 0 Å². The summed E-state index contributed by atoms with van der Waals surface area (Å²) in [7, 11) is 0. The summed E-state index contributed by atoms with van der Waals surface area (Å²) >= 11 is 0.881. The van der Waals surface area contributed by atoms with E-state index in [1.807, 2.05) is 0 Å². The first kappa shape index (κ1) is 18.0. The first-order valence-electron chi connectivity index (χ1n) is 7.64. The van der Waals surface area contributed by atoms with E-state index >= 15 is 0 Å². The molecule has 3 rings (SSSR count). The molecule has 1 N–H and O–H groups in total. The Labute approximate surface area is 139 Å². The number of alkyl halides is 3. The van der Waals surface area contributed by atoms with Gasteiger partial charge in [0.05, 0.1) is 0 Å². The number of piperidine rings is 1. The quantitative estimate of drug-likeness (QED) is 0.877. The van der Waals surface area contributed by atoms with Gasteiger partial charge in [-0.1, -0.05) is 0 Å². The van der Waals surface area contributed by atoms with Crippen LogP contribution in [-0.2, 0) is 12.7 Å². The lowest BCUT2D eigenvalue weighted by Gasteiger charge is -2.34. The second kappa shape index (κ2) is 7.51. The molecular formula is C15H22ClF3N2S. The van der Waals surface area contributed by atoms with Crippen molar-refractivity contribution in [3.63, 3.8) is 0 Å². The Morgan fingerprint density at radius 2 is 1.91 bits per heavy atom. The molecule has 2 fully saturated rings. The van der Waals surface area contributed by atoms with Gasteiger partial charge in [0, 0.05) is 17.5 Å². The lowest BCUT2D eigenvalue weighted by molar-refractivity contribution is -0.134. The van der Waals surface area contributed by atoms with Gasteiger partial charge in [-0.3, -0.25) is 4.90 Å². The summed E-state index contributed by atoms with van der Waals surface area (Å²) in [5.41, 5.74) is 0. The molecule has 2 aliphatic rings. The van der Waals surface area contributed by atoms with Crippen molar-refractivity contribution in [3.05, 3.63) is 21.9 Å². The van der Waals surface area contributed by atoms with E-state index in [1.165, 1.54) is 18.9 Å². The average Bonchev–Trinajstić information content (AvgIpc) is 3.09. The lowest BCUT2D eigenvalue weighted by Crippen LogP contribution is -2.40. The van der Waals surface area contributed by atoms with Crippen molar-refractivity contribution in [1.82, 2.24) is 10.2 Å². The van der Waals surface area contributed by atoms with E-state index in [9.17, 15) is 13.2 Å². The summed E-state index contributed by atoms with van der Waals surface area (Å²) in [6, 6.07) is 3.50. The number of nitrogens with one attached hydrogen (secondary N) is 1. The van der Waals surface area contributed by atoms with Gasteiger partial charge in [0.25, 0.3) is 0 Å². The SMILES string of the molecule is Cl.FC(F)(F)c1ccc(CN2CCC(C3CCCN3)CC2)s1. The molecular weight excluding hydrogens is 333 g/mol. The van der Waals surface area contributed by atoms with E-state index < -0.39 is 11.1 Å². The zero-order valence-electron chi connectivity index (χ0n) is 12.4. The molecule has 1 aromatic rings. The van der Waals surface area contributed by atoms with Crippen LogP contribution in [0.3, 0.4) is 0 Å². The molecule has 1 aromatic heterocycles. The summed E-state index contributed by atoms with van der Waals surface area (Å²) in [5.74, 6) is 0.748. The number of rotatable bonds is 3. The normalized spacial score (nSPS) is 24.4. The Morgan fingerprint density at radius 3 is 2.45 bits per heavy atom. The second-order valence-electron chi connectivity index (χ2n) is 6.08. The number of likely N-dealkylation sites (tertiary alicyclic amines) is 1. The van der Waals surface area contributed by atoms with Crippen LogP contribution in [0.4, 0.5) is 13.2 Å². The molecule has 0 radical (unpaired) electrons. The van der Waals surface area contributed by atoms with Gasteiger partial charge in [0.2, 0.25) is 0 Å². The fraction of sp³-hybridized carbons (Fsp3) is 0.733. The van der Waals surface area contributed by atoms with Crippen molar-refractivity contribution in [2.24, 2.45) is 5.92 Å². The van der Waals surface area contributed by atoms with Crippen LogP contribution in [0.5, 0.6) is 0 Å². The van der Waals surface area contributed by atoms with Crippen LogP contribution < -0.4 is 5.32 Å². The van der Waals surface area contributed by atoms with Gasteiger partial charge in [-0.2, -0.15) is 13.2 Å². The largest absolute Gasteiger partial charge is 0.425 e. The zero-order chi connectivity index (χ0) is 14.9. The van der Waals surface area contributed by atoms with Gasteiger partial charge < -0.3 is 5.32 Å². The average molecular weight is 355 g/mol. The molecule has 2 aliphatic heterocycles. The van der Waals surface area contributed by atoms with Crippen LogP contribution in [-0.4, -0.2) is 30.6 Å². The maximum absolute atomic E-state index is 12.6. The molecule has 2 saturated heterocycles. The fourth-order valence-electron chi connectivity index (χ4n) is 3.46. The standard InChI is InChI=1S/C15H21F3N2S.ClH/c16-15(17,18)14-4-3-12(21-14)10-20-8-5-11(6-9-20)13-2-1-7-19-13;/h3-4,11,13,19H,1-2,5-10H2;1H. The molecule has 0 amide bonds. The third-order valence-corrected chi connectivity index (χ3v) is 5.74. The number of hydrogen-bond acceptors (Lipinski definition) is 3. The molecule has 22 heavy (non-hydrogen) atoms. The molecule has 0 bridgehead atoms. The van der Waals surface area contributed by atoms with E-state index in [0.29, 0.717) is 12.6 Å². The summed E-state index contributed by atoms with van der Waals surface area (Å²) in [5, 5.41) is 3.57. The Balaban J connectivity index is 0.00000176. The molecule has 0 aromatic carbocycles. The van der Waals surface area contributed by atoms with Gasteiger partial charge in [-0.15, -0.1) is 23.7 Å². The topological polar surface area (TPSA) is 15.3 Å². The van der Waals surface area contributed by atoms with Crippen LogP contribution in [0.15, 0.2) is 12.1 Å². The summed E-state index contributed by atoms with van der Waals surface area (Å²) in [4.78, 5) is 2.62. The number of nitrogens with zero attached hydrogens (tertiary/aromatic N) is 1.